The number of hydrogen-bond donors (Lipinski definition) is 1. The summed E-state index contributed by atoms with van der Waals surface area (Å²) < 4.78 is 0. The number of benzene rings is 1. The van der Waals surface area contributed by atoms with E-state index in [2.05, 4.69) is 17.1 Å². The van der Waals surface area contributed by atoms with E-state index in [1.54, 1.807) is 0 Å². The minimum Gasteiger partial charge on any atom is -0.373 e. The Kier molecular flexibility index (Phi) is 6.63. The molecule has 25 heavy (non-hydrogen) atoms. The van der Waals surface area contributed by atoms with E-state index in [4.69, 9.17) is 11.6 Å². The van der Waals surface area contributed by atoms with E-state index in [1.807, 2.05) is 24.3 Å². The summed E-state index contributed by atoms with van der Waals surface area (Å²) >= 11 is 6.01. The maximum absolute atomic E-state index is 13.3. The second-order valence-corrected chi connectivity index (χ2v) is 8.14. The lowest BCUT2D eigenvalue weighted by molar-refractivity contribution is -0.134. The van der Waals surface area contributed by atoms with Gasteiger partial charge in [0.15, 0.2) is 0 Å². The van der Waals surface area contributed by atoms with E-state index in [0.29, 0.717) is 11.8 Å². The van der Waals surface area contributed by atoms with Crippen LogP contribution in [0.15, 0.2) is 24.3 Å². The lowest BCUT2D eigenvalue weighted by Crippen LogP contribution is -2.49. The smallest absolute Gasteiger partial charge is 0.245 e. The standard InChI is InChI=1S/C21H31ClN2O/c1-2-16-12-14-24(15-13-16)21(25)20(17-6-4-3-5-7-17)23-19-10-8-18(22)9-11-19/h8-11,16-17,20,23H,2-7,12-15H2,1H3/t20-/m0/s1. The van der Waals surface area contributed by atoms with Gasteiger partial charge in [0.05, 0.1) is 0 Å². The van der Waals surface area contributed by atoms with Crippen molar-refractivity contribution in [3.8, 4) is 0 Å². The van der Waals surface area contributed by atoms with Crippen LogP contribution in [0.25, 0.3) is 0 Å². The van der Waals surface area contributed by atoms with Gasteiger partial charge in [-0.15, -0.1) is 0 Å². The summed E-state index contributed by atoms with van der Waals surface area (Å²) in [5, 5.41) is 4.28. The second-order valence-electron chi connectivity index (χ2n) is 7.70. The molecule has 3 rings (SSSR count). The summed E-state index contributed by atoms with van der Waals surface area (Å²) in [5.41, 5.74) is 0.997. The highest BCUT2D eigenvalue weighted by atomic mass is 35.5. The monoisotopic (exact) mass is 362 g/mol. The van der Waals surface area contributed by atoms with Gasteiger partial charge in [0.1, 0.15) is 6.04 Å². The molecule has 1 aromatic carbocycles. The van der Waals surface area contributed by atoms with Crippen LogP contribution in [0.5, 0.6) is 0 Å². The van der Waals surface area contributed by atoms with Crippen LogP contribution < -0.4 is 5.32 Å². The van der Waals surface area contributed by atoms with Crippen LogP contribution in [-0.2, 0) is 4.79 Å². The van der Waals surface area contributed by atoms with Crippen LogP contribution in [0.3, 0.4) is 0 Å². The van der Waals surface area contributed by atoms with Crippen molar-refractivity contribution in [3.63, 3.8) is 0 Å². The number of halogens is 1. The molecule has 3 nitrogen and oxygen atoms in total. The Morgan fingerprint density at radius 1 is 1.12 bits per heavy atom. The highest BCUT2D eigenvalue weighted by Crippen LogP contribution is 2.30. The fourth-order valence-electron chi connectivity index (χ4n) is 4.33. The largest absolute Gasteiger partial charge is 0.373 e. The lowest BCUT2D eigenvalue weighted by atomic mass is 9.82. The van der Waals surface area contributed by atoms with E-state index in [9.17, 15) is 4.79 Å². The van der Waals surface area contributed by atoms with Gasteiger partial charge in [0.2, 0.25) is 5.91 Å². The van der Waals surface area contributed by atoms with Crippen molar-refractivity contribution in [3.05, 3.63) is 29.3 Å². The molecule has 2 aliphatic rings. The Morgan fingerprint density at radius 2 is 1.76 bits per heavy atom. The molecular formula is C21H31ClN2O. The fraction of sp³-hybridized carbons (Fsp3) is 0.667. The predicted molar refractivity (Wildman–Crippen MR) is 105 cm³/mol. The SMILES string of the molecule is CCC1CCN(C(=O)[C@@H](Nc2ccc(Cl)cc2)C2CCCCC2)CC1. The number of hydrogen-bond acceptors (Lipinski definition) is 2. The van der Waals surface area contributed by atoms with Crippen molar-refractivity contribution in [2.75, 3.05) is 18.4 Å². The van der Waals surface area contributed by atoms with E-state index in [0.717, 1.165) is 55.4 Å². The summed E-state index contributed by atoms with van der Waals surface area (Å²) in [6.45, 7) is 4.10. The summed E-state index contributed by atoms with van der Waals surface area (Å²) in [6.07, 6.45) is 9.65. The molecule has 0 bridgehead atoms. The number of nitrogens with one attached hydrogen (secondary N) is 1. The molecule has 0 radical (unpaired) electrons. The third-order valence-electron chi connectivity index (χ3n) is 6.06. The van der Waals surface area contributed by atoms with Crippen molar-refractivity contribution in [2.45, 2.75) is 64.3 Å². The summed E-state index contributed by atoms with van der Waals surface area (Å²) in [6, 6.07) is 7.64. The summed E-state index contributed by atoms with van der Waals surface area (Å²) in [4.78, 5) is 15.4. The van der Waals surface area contributed by atoms with Gasteiger partial charge in [-0.2, -0.15) is 0 Å². The first-order valence-electron chi connectivity index (χ1n) is 9.98. The molecule has 1 N–H and O–H groups in total. The maximum Gasteiger partial charge on any atom is 0.245 e. The lowest BCUT2D eigenvalue weighted by Gasteiger charge is -2.38. The molecule has 1 aliphatic carbocycles. The predicted octanol–water partition coefficient (Wildman–Crippen LogP) is 5.35. The van der Waals surface area contributed by atoms with Crippen molar-refractivity contribution in [2.24, 2.45) is 11.8 Å². The molecule has 0 aromatic heterocycles. The first kappa shape index (κ1) is 18.6. The van der Waals surface area contributed by atoms with Crippen molar-refractivity contribution < 1.29 is 4.79 Å². The molecule has 0 unspecified atom stereocenters. The van der Waals surface area contributed by atoms with Crippen molar-refractivity contribution in [1.82, 2.24) is 4.90 Å². The van der Waals surface area contributed by atoms with Crippen LogP contribution in [0.2, 0.25) is 5.02 Å². The van der Waals surface area contributed by atoms with Gasteiger partial charge in [-0.25, -0.2) is 0 Å². The van der Waals surface area contributed by atoms with Gasteiger partial charge >= 0.3 is 0 Å². The minimum absolute atomic E-state index is 0.0975. The average molecular weight is 363 g/mol. The van der Waals surface area contributed by atoms with Crippen molar-refractivity contribution >= 4 is 23.2 Å². The molecule has 1 aliphatic heterocycles. The van der Waals surface area contributed by atoms with E-state index in [-0.39, 0.29) is 6.04 Å². The molecule has 0 spiro atoms. The molecule has 1 amide bonds. The number of nitrogens with zero attached hydrogens (tertiary/aromatic N) is 1. The van der Waals surface area contributed by atoms with Gasteiger partial charge < -0.3 is 10.2 Å². The third kappa shape index (κ3) is 4.91. The van der Waals surface area contributed by atoms with E-state index < -0.39 is 0 Å². The summed E-state index contributed by atoms with van der Waals surface area (Å²) in [5.74, 6) is 1.54. The molecule has 1 saturated heterocycles. The Morgan fingerprint density at radius 3 is 2.36 bits per heavy atom. The molecule has 1 heterocycles. The minimum atomic E-state index is -0.0975. The first-order valence-corrected chi connectivity index (χ1v) is 10.4. The Hall–Kier alpha value is -1.22. The highest BCUT2D eigenvalue weighted by molar-refractivity contribution is 6.30. The molecule has 1 aromatic rings. The molecular weight excluding hydrogens is 332 g/mol. The maximum atomic E-state index is 13.3. The zero-order chi connectivity index (χ0) is 17.6. The number of piperidine rings is 1. The second kappa shape index (κ2) is 8.93. The van der Waals surface area contributed by atoms with Gasteiger partial charge in [0, 0.05) is 23.8 Å². The van der Waals surface area contributed by atoms with Crippen molar-refractivity contribution in [1.29, 1.82) is 0 Å². The Labute approximate surface area is 157 Å². The number of carbonyl (C=O) groups excluding carboxylic acids is 1. The molecule has 138 valence electrons. The molecule has 4 heteroatoms. The zero-order valence-electron chi connectivity index (χ0n) is 15.3. The average Bonchev–Trinajstić information content (AvgIpc) is 2.68. The summed E-state index contributed by atoms with van der Waals surface area (Å²) in [7, 11) is 0. The van der Waals surface area contributed by atoms with Crippen LogP contribution in [0, 0.1) is 11.8 Å². The van der Waals surface area contributed by atoms with Gasteiger partial charge in [0.25, 0.3) is 0 Å². The normalized spacial score (nSPS) is 21.1. The topological polar surface area (TPSA) is 32.3 Å². The zero-order valence-corrected chi connectivity index (χ0v) is 16.1. The fourth-order valence-corrected chi connectivity index (χ4v) is 4.46. The number of rotatable bonds is 5. The number of likely N-dealkylation sites (tertiary alicyclic amines) is 1. The Balaban J connectivity index is 1.71. The number of amides is 1. The third-order valence-corrected chi connectivity index (χ3v) is 6.31. The van der Waals surface area contributed by atoms with Gasteiger partial charge in [-0.1, -0.05) is 44.2 Å². The Bertz CT molecular complexity index is 546. The van der Waals surface area contributed by atoms with Crippen LogP contribution >= 0.6 is 11.6 Å². The number of anilines is 1. The molecule has 1 atom stereocenters. The van der Waals surface area contributed by atoms with E-state index in [1.165, 1.54) is 25.7 Å². The van der Waals surface area contributed by atoms with Crippen LogP contribution in [0.1, 0.15) is 58.3 Å². The quantitative estimate of drug-likeness (QED) is 0.765. The van der Waals surface area contributed by atoms with E-state index >= 15 is 0 Å². The molecule has 2 fully saturated rings. The van der Waals surface area contributed by atoms with Crippen LogP contribution in [-0.4, -0.2) is 29.9 Å². The molecule has 1 saturated carbocycles. The van der Waals surface area contributed by atoms with Crippen LogP contribution in [0.4, 0.5) is 5.69 Å². The van der Waals surface area contributed by atoms with Gasteiger partial charge in [-0.05, 0) is 61.8 Å². The first-order chi connectivity index (χ1) is 12.2. The number of carbonyl (C=O) groups is 1. The van der Waals surface area contributed by atoms with Gasteiger partial charge in [-0.3, -0.25) is 4.79 Å². The highest BCUT2D eigenvalue weighted by Gasteiger charge is 2.34.